The van der Waals surface area contributed by atoms with E-state index >= 15 is 0 Å². The Balaban J connectivity index is 1.92. The van der Waals surface area contributed by atoms with Gasteiger partial charge in [0.15, 0.2) is 0 Å². The summed E-state index contributed by atoms with van der Waals surface area (Å²) in [6.45, 7) is 4.23. The van der Waals surface area contributed by atoms with Crippen molar-refractivity contribution in [1.29, 1.82) is 0 Å². The Morgan fingerprint density at radius 2 is 1.73 bits per heavy atom. The topological polar surface area (TPSA) is 41.5 Å². The average molecular weight is 387 g/mol. The minimum Gasteiger partial charge on any atom is -0.375 e. The first-order valence-electron chi connectivity index (χ1n) is 8.75. The molecule has 0 saturated heterocycles. The van der Waals surface area contributed by atoms with E-state index in [1.54, 1.807) is 0 Å². The summed E-state index contributed by atoms with van der Waals surface area (Å²) in [5.41, 5.74) is 3.31. The quantitative estimate of drug-likeness (QED) is 0.630. The van der Waals surface area contributed by atoms with Gasteiger partial charge in [0.05, 0.1) is 23.3 Å². The molecule has 1 aliphatic carbocycles. The fourth-order valence-electron chi connectivity index (χ4n) is 4.06. The van der Waals surface area contributed by atoms with Crippen LogP contribution in [0.4, 0.5) is 11.4 Å². The zero-order chi connectivity index (χ0) is 18.5. The molecule has 2 aromatic rings. The number of nitrogens with one attached hydrogen (secondary N) is 1. The van der Waals surface area contributed by atoms with E-state index in [1.165, 1.54) is 0 Å². The Bertz CT molecular complexity index is 900. The van der Waals surface area contributed by atoms with Gasteiger partial charge in [-0.1, -0.05) is 55.2 Å². The number of carbonyl (C=O) groups excluding carboxylic acids is 1. The molecule has 5 heteroatoms. The molecule has 4 rings (SSSR count). The molecule has 2 aliphatic rings. The van der Waals surface area contributed by atoms with Crippen molar-refractivity contribution in [2.75, 3.05) is 5.32 Å². The van der Waals surface area contributed by atoms with Crippen LogP contribution in [0.25, 0.3) is 0 Å². The highest BCUT2D eigenvalue weighted by Crippen LogP contribution is 2.47. The zero-order valence-electron chi connectivity index (χ0n) is 14.7. The van der Waals surface area contributed by atoms with Crippen LogP contribution in [0.15, 0.2) is 47.5 Å². The van der Waals surface area contributed by atoms with E-state index < -0.39 is 0 Å². The maximum absolute atomic E-state index is 13.1. The number of carbonyl (C=O) groups is 1. The van der Waals surface area contributed by atoms with Gasteiger partial charge in [-0.2, -0.15) is 0 Å². The standard InChI is InChI=1S/C21H20Cl2N2O/c1-21(2)10-16-19(17(26)11-21)20(18-12(22)6-5-7-13(18)23)25-15-9-4-3-8-14(15)24-16/h3-9,19-20,25H,10-11H2,1-2H3/t19?,20-/m1/s1. The van der Waals surface area contributed by atoms with E-state index in [-0.39, 0.29) is 23.2 Å². The summed E-state index contributed by atoms with van der Waals surface area (Å²) < 4.78 is 0. The van der Waals surface area contributed by atoms with E-state index in [2.05, 4.69) is 19.2 Å². The fourth-order valence-corrected chi connectivity index (χ4v) is 4.70. The molecule has 0 radical (unpaired) electrons. The Labute approximate surface area is 163 Å². The van der Waals surface area contributed by atoms with Crippen molar-refractivity contribution in [3.63, 3.8) is 0 Å². The van der Waals surface area contributed by atoms with Crippen LogP contribution in [-0.4, -0.2) is 11.5 Å². The average Bonchev–Trinajstić information content (AvgIpc) is 2.70. The lowest BCUT2D eigenvalue weighted by Crippen LogP contribution is -2.42. The maximum atomic E-state index is 13.1. The van der Waals surface area contributed by atoms with Crippen molar-refractivity contribution >= 4 is 46.1 Å². The molecule has 3 nitrogen and oxygen atoms in total. The lowest BCUT2D eigenvalue weighted by Gasteiger charge is -2.38. The Kier molecular flexibility index (Phi) is 4.32. The SMILES string of the molecule is CC1(C)CC(=O)C2C(=Nc3ccccc3N[C@@H]2c2c(Cl)cccc2Cl)C1. The molecule has 0 spiro atoms. The molecule has 2 aromatic carbocycles. The summed E-state index contributed by atoms with van der Waals surface area (Å²) in [6.07, 6.45) is 1.30. The molecule has 1 saturated carbocycles. The number of aliphatic imine (C=N–C) groups is 1. The largest absolute Gasteiger partial charge is 0.375 e. The molecule has 1 fully saturated rings. The lowest BCUT2D eigenvalue weighted by molar-refractivity contribution is -0.124. The third-order valence-corrected chi connectivity index (χ3v) is 5.80. The van der Waals surface area contributed by atoms with E-state index in [0.717, 1.165) is 29.1 Å². The van der Waals surface area contributed by atoms with Crippen molar-refractivity contribution in [2.24, 2.45) is 16.3 Å². The summed E-state index contributed by atoms with van der Waals surface area (Å²) in [7, 11) is 0. The van der Waals surface area contributed by atoms with Crippen molar-refractivity contribution < 1.29 is 4.79 Å². The normalized spacial score (nSPS) is 24.0. The molecular formula is C21H20Cl2N2O. The molecule has 0 aromatic heterocycles. The zero-order valence-corrected chi connectivity index (χ0v) is 16.2. The van der Waals surface area contributed by atoms with Gasteiger partial charge in [0.2, 0.25) is 0 Å². The third-order valence-electron chi connectivity index (χ3n) is 5.14. The summed E-state index contributed by atoms with van der Waals surface area (Å²) in [6, 6.07) is 13.0. The molecule has 1 unspecified atom stereocenters. The second-order valence-corrected chi connectivity index (χ2v) is 8.65. The summed E-state index contributed by atoms with van der Waals surface area (Å²) in [5.74, 6) is -0.186. The van der Waals surface area contributed by atoms with Gasteiger partial charge in [-0.05, 0) is 36.1 Å². The van der Waals surface area contributed by atoms with Crippen molar-refractivity contribution in [1.82, 2.24) is 0 Å². The van der Waals surface area contributed by atoms with Crippen LogP contribution in [0, 0.1) is 11.3 Å². The molecule has 134 valence electrons. The number of nitrogens with zero attached hydrogens (tertiary/aromatic N) is 1. The predicted octanol–water partition coefficient (Wildman–Crippen LogP) is 6.24. The van der Waals surface area contributed by atoms with Crippen LogP contribution in [-0.2, 0) is 4.79 Å². The summed E-state index contributed by atoms with van der Waals surface area (Å²) >= 11 is 13.0. The number of hydrogen-bond donors (Lipinski definition) is 1. The van der Waals surface area contributed by atoms with Crippen LogP contribution in [0.5, 0.6) is 0 Å². The van der Waals surface area contributed by atoms with Gasteiger partial charge in [-0.3, -0.25) is 9.79 Å². The highest BCUT2D eigenvalue weighted by atomic mass is 35.5. The van der Waals surface area contributed by atoms with Crippen LogP contribution in [0.3, 0.4) is 0 Å². The Hall–Kier alpha value is -1.84. The molecule has 1 heterocycles. The monoisotopic (exact) mass is 386 g/mol. The molecular weight excluding hydrogens is 367 g/mol. The number of rotatable bonds is 1. The van der Waals surface area contributed by atoms with Gasteiger partial charge in [0.25, 0.3) is 0 Å². The molecule has 0 amide bonds. The van der Waals surface area contributed by atoms with Crippen molar-refractivity contribution in [2.45, 2.75) is 32.7 Å². The van der Waals surface area contributed by atoms with E-state index in [1.807, 2.05) is 42.5 Å². The van der Waals surface area contributed by atoms with Crippen LogP contribution >= 0.6 is 23.2 Å². The molecule has 26 heavy (non-hydrogen) atoms. The Morgan fingerprint density at radius 3 is 2.46 bits per heavy atom. The number of Topliss-reactive ketones (excluding diaryl/α,β-unsaturated/α-hetero) is 1. The van der Waals surface area contributed by atoms with Crippen LogP contribution < -0.4 is 5.32 Å². The van der Waals surface area contributed by atoms with Crippen LogP contribution in [0.2, 0.25) is 10.0 Å². The number of para-hydroxylation sites is 2. The van der Waals surface area contributed by atoms with E-state index in [9.17, 15) is 4.79 Å². The van der Waals surface area contributed by atoms with E-state index in [4.69, 9.17) is 28.2 Å². The van der Waals surface area contributed by atoms with Gasteiger partial charge in [-0.25, -0.2) is 0 Å². The van der Waals surface area contributed by atoms with Gasteiger partial charge < -0.3 is 5.32 Å². The highest BCUT2D eigenvalue weighted by molar-refractivity contribution is 6.36. The maximum Gasteiger partial charge on any atom is 0.144 e. The number of anilines is 1. The van der Waals surface area contributed by atoms with Gasteiger partial charge in [-0.15, -0.1) is 0 Å². The third kappa shape index (κ3) is 3.04. The van der Waals surface area contributed by atoms with Crippen LogP contribution in [0.1, 0.15) is 38.3 Å². The Morgan fingerprint density at radius 1 is 1.04 bits per heavy atom. The first-order valence-corrected chi connectivity index (χ1v) is 9.51. The molecule has 2 atom stereocenters. The lowest BCUT2D eigenvalue weighted by atomic mass is 9.68. The van der Waals surface area contributed by atoms with Crippen molar-refractivity contribution in [3.8, 4) is 0 Å². The highest BCUT2D eigenvalue weighted by Gasteiger charge is 2.44. The molecule has 0 bridgehead atoms. The summed E-state index contributed by atoms with van der Waals surface area (Å²) in [4.78, 5) is 18.0. The van der Waals surface area contributed by atoms with Gasteiger partial charge in [0.1, 0.15) is 5.78 Å². The minimum atomic E-state index is -0.368. The second kappa shape index (κ2) is 6.40. The van der Waals surface area contributed by atoms with Crippen molar-refractivity contribution in [3.05, 3.63) is 58.1 Å². The van der Waals surface area contributed by atoms with Gasteiger partial charge in [0, 0.05) is 27.7 Å². The number of fused-ring (bicyclic) bond motifs is 2. The summed E-state index contributed by atoms with van der Waals surface area (Å²) in [5, 5.41) is 4.63. The number of ketones is 1. The predicted molar refractivity (Wildman–Crippen MR) is 108 cm³/mol. The molecule has 1 aliphatic heterocycles. The minimum absolute atomic E-state index is 0.0967. The fraction of sp³-hybridized carbons (Fsp3) is 0.333. The second-order valence-electron chi connectivity index (χ2n) is 7.84. The first kappa shape index (κ1) is 17.6. The smallest absolute Gasteiger partial charge is 0.144 e. The molecule has 1 N–H and O–H groups in total. The number of benzene rings is 2. The number of hydrogen-bond acceptors (Lipinski definition) is 3. The van der Waals surface area contributed by atoms with Gasteiger partial charge >= 0.3 is 0 Å². The first-order chi connectivity index (χ1) is 12.4. The van der Waals surface area contributed by atoms with E-state index in [0.29, 0.717) is 16.5 Å². The number of halogens is 2.